The van der Waals surface area contributed by atoms with Crippen molar-refractivity contribution in [1.29, 1.82) is 0 Å². The van der Waals surface area contributed by atoms with Crippen LogP contribution in [0.25, 0.3) is 9.53 Å². The summed E-state index contributed by atoms with van der Waals surface area (Å²) >= 11 is 2.92. The molecule has 0 saturated carbocycles. The number of sulfonamides is 1. The Morgan fingerprint density at radius 3 is 2.30 bits per heavy atom. The van der Waals surface area contributed by atoms with Crippen LogP contribution in [0.15, 0.2) is 35.2 Å². The van der Waals surface area contributed by atoms with Gasteiger partial charge in [0.1, 0.15) is 4.83 Å². The number of aromatic nitrogens is 1. The number of hydrogen-bond acceptors (Lipinski definition) is 7. The van der Waals surface area contributed by atoms with Crippen molar-refractivity contribution < 1.29 is 13.2 Å². The number of carbonyl (C=O) groups excluding carboxylic acids is 1. The lowest BCUT2D eigenvalue weighted by molar-refractivity contribution is 0.0944. The fourth-order valence-electron chi connectivity index (χ4n) is 3.02. The van der Waals surface area contributed by atoms with Crippen molar-refractivity contribution in [1.82, 2.24) is 14.6 Å². The van der Waals surface area contributed by atoms with E-state index in [1.54, 1.807) is 35.6 Å². The third-order valence-electron chi connectivity index (χ3n) is 4.76. The molecule has 2 heterocycles. The number of thiophene rings is 1. The fraction of sp³-hybridized carbons (Fsp3) is 0.400. The molecule has 3 rings (SSSR count). The maximum absolute atomic E-state index is 12.7. The lowest BCUT2D eigenvalue weighted by Crippen LogP contribution is -2.30. The first-order valence-electron chi connectivity index (χ1n) is 9.66. The van der Waals surface area contributed by atoms with E-state index in [-0.39, 0.29) is 16.8 Å². The first-order chi connectivity index (χ1) is 14.2. The number of rotatable bonds is 8. The summed E-state index contributed by atoms with van der Waals surface area (Å²) < 4.78 is 27.6. The van der Waals surface area contributed by atoms with Gasteiger partial charge in [-0.3, -0.25) is 4.79 Å². The highest BCUT2D eigenvalue weighted by atomic mass is 32.2. The molecule has 2 aromatic heterocycles. The largest absolute Gasteiger partial charge is 0.354 e. The lowest BCUT2D eigenvalue weighted by Gasteiger charge is -2.19. The van der Waals surface area contributed by atoms with Crippen LogP contribution in [0.4, 0.5) is 5.13 Å². The molecule has 10 heteroatoms. The number of fused-ring (bicyclic) bond motifs is 1. The maximum atomic E-state index is 12.7. The molecule has 162 valence electrons. The highest BCUT2D eigenvalue weighted by molar-refractivity contribution is 7.89. The number of nitrogens with zero attached hydrogens (tertiary/aromatic N) is 3. The summed E-state index contributed by atoms with van der Waals surface area (Å²) in [4.78, 5) is 20.9. The number of thiazole rings is 1. The van der Waals surface area contributed by atoms with Crippen LogP contribution in [0.3, 0.4) is 0 Å². The lowest BCUT2D eigenvalue weighted by atomic mass is 10.1. The van der Waals surface area contributed by atoms with E-state index in [2.05, 4.69) is 10.3 Å². The number of anilines is 1. The fourth-order valence-corrected chi connectivity index (χ4v) is 6.51. The zero-order valence-electron chi connectivity index (χ0n) is 17.7. The SMILES string of the molecule is CCN(CC)S(=O)(=O)c1ccc(C(C)NC(=O)c2cc3sc(N(C)C)nc3s2)cc1. The Morgan fingerprint density at radius 2 is 1.77 bits per heavy atom. The van der Waals surface area contributed by atoms with Crippen molar-refractivity contribution in [2.45, 2.75) is 31.7 Å². The molecule has 7 nitrogen and oxygen atoms in total. The number of hydrogen-bond donors (Lipinski definition) is 1. The average molecular weight is 467 g/mol. The minimum atomic E-state index is -3.49. The predicted molar refractivity (Wildman–Crippen MR) is 124 cm³/mol. The second-order valence-electron chi connectivity index (χ2n) is 7.02. The van der Waals surface area contributed by atoms with Gasteiger partial charge in [-0.15, -0.1) is 11.3 Å². The maximum Gasteiger partial charge on any atom is 0.261 e. The molecule has 1 N–H and O–H groups in total. The van der Waals surface area contributed by atoms with Crippen LogP contribution in [0.1, 0.15) is 42.0 Å². The van der Waals surface area contributed by atoms with Gasteiger partial charge in [0.25, 0.3) is 5.91 Å². The molecule has 30 heavy (non-hydrogen) atoms. The number of amides is 1. The number of carbonyl (C=O) groups is 1. The molecule has 1 atom stereocenters. The van der Waals surface area contributed by atoms with Gasteiger partial charge < -0.3 is 10.2 Å². The van der Waals surface area contributed by atoms with Crippen LogP contribution >= 0.6 is 22.7 Å². The predicted octanol–water partition coefficient (Wildman–Crippen LogP) is 3.95. The molecular weight excluding hydrogens is 440 g/mol. The highest BCUT2D eigenvalue weighted by Crippen LogP contribution is 2.34. The molecule has 0 fully saturated rings. The summed E-state index contributed by atoms with van der Waals surface area (Å²) in [5.74, 6) is -0.163. The van der Waals surface area contributed by atoms with E-state index in [4.69, 9.17) is 0 Å². The highest BCUT2D eigenvalue weighted by Gasteiger charge is 2.22. The summed E-state index contributed by atoms with van der Waals surface area (Å²) in [6, 6.07) is 8.30. The molecule has 0 bridgehead atoms. The molecular formula is C20H26N4O3S3. The summed E-state index contributed by atoms with van der Waals surface area (Å²) in [5, 5.41) is 3.90. The summed E-state index contributed by atoms with van der Waals surface area (Å²) in [7, 11) is 0.392. The van der Waals surface area contributed by atoms with Gasteiger partial charge in [-0.25, -0.2) is 13.4 Å². The van der Waals surface area contributed by atoms with E-state index in [1.807, 2.05) is 45.8 Å². The van der Waals surface area contributed by atoms with Crippen LogP contribution in [0.5, 0.6) is 0 Å². The van der Waals surface area contributed by atoms with Gasteiger partial charge in [0.15, 0.2) is 5.13 Å². The molecule has 1 amide bonds. The zero-order valence-corrected chi connectivity index (χ0v) is 20.1. The van der Waals surface area contributed by atoms with E-state index < -0.39 is 10.0 Å². The summed E-state index contributed by atoms with van der Waals surface area (Å²) in [6.45, 7) is 6.37. The molecule has 3 aromatic rings. The first-order valence-corrected chi connectivity index (χ1v) is 12.7. The number of benzene rings is 1. The Morgan fingerprint density at radius 1 is 1.13 bits per heavy atom. The van der Waals surface area contributed by atoms with Crippen molar-refractivity contribution in [2.24, 2.45) is 0 Å². The van der Waals surface area contributed by atoms with Crippen molar-refractivity contribution >= 4 is 53.3 Å². The van der Waals surface area contributed by atoms with E-state index in [0.29, 0.717) is 18.0 Å². The van der Waals surface area contributed by atoms with Crippen molar-refractivity contribution in [3.63, 3.8) is 0 Å². The third-order valence-corrected chi connectivity index (χ3v) is 9.15. The normalized spacial score (nSPS) is 13.0. The molecule has 0 spiro atoms. The van der Waals surface area contributed by atoms with Gasteiger partial charge in [0.2, 0.25) is 10.0 Å². The third kappa shape index (κ3) is 4.51. The van der Waals surface area contributed by atoms with Gasteiger partial charge in [0.05, 0.1) is 20.5 Å². The molecule has 0 saturated heterocycles. The van der Waals surface area contributed by atoms with E-state index in [0.717, 1.165) is 20.2 Å². The van der Waals surface area contributed by atoms with Crippen LogP contribution in [-0.4, -0.2) is 50.8 Å². The second kappa shape index (κ2) is 9.01. The minimum absolute atomic E-state index is 0.163. The smallest absolute Gasteiger partial charge is 0.261 e. The molecule has 0 aliphatic carbocycles. The average Bonchev–Trinajstić information content (AvgIpc) is 3.28. The molecule has 1 unspecified atom stereocenters. The quantitative estimate of drug-likeness (QED) is 0.544. The Kier molecular flexibility index (Phi) is 6.81. The van der Waals surface area contributed by atoms with E-state index in [1.165, 1.54) is 15.6 Å². The topological polar surface area (TPSA) is 82.6 Å². The van der Waals surface area contributed by atoms with Crippen LogP contribution < -0.4 is 10.2 Å². The molecule has 0 radical (unpaired) electrons. The Balaban J connectivity index is 1.71. The van der Waals surface area contributed by atoms with E-state index >= 15 is 0 Å². The second-order valence-corrected chi connectivity index (χ2v) is 11.0. The molecule has 0 aliphatic rings. The van der Waals surface area contributed by atoms with Gasteiger partial charge in [-0.2, -0.15) is 4.31 Å². The number of nitrogens with one attached hydrogen (secondary N) is 1. The van der Waals surface area contributed by atoms with Crippen molar-refractivity contribution in [3.05, 3.63) is 40.8 Å². The summed E-state index contributed by atoms with van der Waals surface area (Å²) in [6.07, 6.45) is 0. The zero-order chi connectivity index (χ0) is 22.1. The monoisotopic (exact) mass is 466 g/mol. The molecule has 0 aliphatic heterocycles. The van der Waals surface area contributed by atoms with Crippen LogP contribution in [-0.2, 0) is 10.0 Å². The molecule has 1 aromatic carbocycles. The first kappa shape index (κ1) is 22.7. The Hall–Kier alpha value is -2.01. The van der Waals surface area contributed by atoms with E-state index in [9.17, 15) is 13.2 Å². The van der Waals surface area contributed by atoms with Gasteiger partial charge in [0, 0.05) is 27.2 Å². The van der Waals surface area contributed by atoms with Crippen LogP contribution in [0, 0.1) is 0 Å². The van der Waals surface area contributed by atoms with Gasteiger partial charge in [-0.05, 0) is 30.7 Å². The standard InChI is InChI=1S/C20H26N4O3S3/c1-6-24(7-2)30(26,27)15-10-8-14(9-11-15)13(3)21-18(25)16-12-17-19(28-16)22-20(29-17)23(4)5/h8-13H,6-7H2,1-5H3,(H,21,25). The van der Waals surface area contributed by atoms with Gasteiger partial charge in [-0.1, -0.05) is 37.3 Å². The summed E-state index contributed by atoms with van der Waals surface area (Å²) in [5.41, 5.74) is 0.841. The Labute approximate surface area is 185 Å². The van der Waals surface area contributed by atoms with Crippen molar-refractivity contribution in [2.75, 3.05) is 32.1 Å². The van der Waals surface area contributed by atoms with Gasteiger partial charge >= 0.3 is 0 Å². The van der Waals surface area contributed by atoms with Crippen LogP contribution in [0.2, 0.25) is 0 Å². The van der Waals surface area contributed by atoms with Crippen molar-refractivity contribution in [3.8, 4) is 0 Å². The Bertz CT molecular complexity index is 1100. The minimum Gasteiger partial charge on any atom is -0.354 e.